The van der Waals surface area contributed by atoms with Crippen LogP contribution in [0.15, 0.2) is 122 Å². The van der Waals surface area contributed by atoms with Gasteiger partial charge < -0.3 is 28.5 Å². The van der Waals surface area contributed by atoms with Gasteiger partial charge in [-0.1, -0.05) is 277 Å². The number of phosphoric ester groups is 1. The molecular weight excluding hydrogens is 1010 g/mol. The first kappa shape index (κ1) is 76.4. The molecule has 3 unspecified atom stereocenters. The van der Waals surface area contributed by atoms with Gasteiger partial charge >= 0.3 is 5.97 Å². The molecular formula is C70H121N2O7P. The first-order chi connectivity index (χ1) is 38.9. The third-order valence-corrected chi connectivity index (χ3v) is 14.8. The van der Waals surface area contributed by atoms with Gasteiger partial charge in [-0.25, -0.2) is 0 Å². The molecule has 3 atom stereocenters. The minimum absolute atomic E-state index is 0.0364. The molecule has 0 rings (SSSR count). The van der Waals surface area contributed by atoms with E-state index < -0.39 is 26.6 Å². The molecule has 9 nitrogen and oxygen atoms in total. The van der Waals surface area contributed by atoms with Crippen molar-refractivity contribution in [1.82, 2.24) is 5.32 Å². The molecule has 80 heavy (non-hydrogen) atoms. The topological polar surface area (TPSA) is 114 Å². The number of nitrogens with zero attached hydrogens (tertiary/aromatic N) is 1. The van der Waals surface area contributed by atoms with Crippen molar-refractivity contribution in [2.45, 2.75) is 270 Å². The van der Waals surface area contributed by atoms with Crippen LogP contribution in [-0.4, -0.2) is 69.4 Å². The monoisotopic (exact) mass is 1130 g/mol. The van der Waals surface area contributed by atoms with Crippen LogP contribution in [0.5, 0.6) is 0 Å². The smallest absolute Gasteiger partial charge is 0.306 e. The van der Waals surface area contributed by atoms with Crippen LogP contribution >= 0.6 is 7.82 Å². The quantitative estimate of drug-likeness (QED) is 0.0161. The van der Waals surface area contributed by atoms with Crippen molar-refractivity contribution in [2.75, 3.05) is 40.9 Å². The molecule has 0 aliphatic rings. The lowest BCUT2D eigenvalue weighted by molar-refractivity contribution is -0.870. The molecule has 458 valence electrons. The maximum atomic E-state index is 13.6. The number of ether oxygens (including phenoxy) is 1. The van der Waals surface area contributed by atoms with Gasteiger partial charge in [0.1, 0.15) is 19.3 Å². The number of esters is 1. The highest BCUT2D eigenvalue weighted by molar-refractivity contribution is 7.45. The van der Waals surface area contributed by atoms with Crippen molar-refractivity contribution in [3.8, 4) is 0 Å². The Hall–Kier alpha value is -3.59. The highest BCUT2D eigenvalue weighted by Crippen LogP contribution is 2.38. The minimum Gasteiger partial charge on any atom is -0.756 e. The largest absolute Gasteiger partial charge is 0.756 e. The number of likely N-dealkylation sites (N-methyl/N-ethyl adjacent to an activating group) is 1. The van der Waals surface area contributed by atoms with Crippen LogP contribution in [0.2, 0.25) is 0 Å². The summed E-state index contributed by atoms with van der Waals surface area (Å²) in [5, 5.41) is 3.02. The van der Waals surface area contributed by atoms with E-state index in [1.807, 2.05) is 94.1 Å². The standard InChI is InChI=1S/C70H121N2O7P/c1-7-10-13-16-19-22-25-28-30-32-33-34-35-36-37-38-39-41-42-44-47-50-53-56-59-62-69(73)71-67(66-78-80(75,76)77-65-64-72(4,5)6)68(61-58-55-52-49-46-27-24-21-18-15-12-9-3)79-70(74)63-60-57-54-51-48-45-43-40-31-29-26-23-20-17-14-11-8-2/h11,14,17,19-20,22-23,26,28-31,33-34,40,43,45,48,58,61,67-68H,7-10,12-13,15-16,18,21,24-25,27,32,35-39,41-42,44,46-47,49-57,59-60,62-66H2,1-6H3,(H-,71,73,75,76)/b14-11-,20-17+,22-19-,26-23+,30-28-,31-29-,34-33-,43-40+,48-45+,61-58-. The van der Waals surface area contributed by atoms with Gasteiger partial charge in [-0.2, -0.15) is 0 Å². The molecule has 0 saturated heterocycles. The van der Waals surface area contributed by atoms with Crippen LogP contribution in [-0.2, 0) is 27.9 Å². The highest BCUT2D eigenvalue weighted by atomic mass is 31.2. The predicted molar refractivity (Wildman–Crippen MR) is 343 cm³/mol. The van der Waals surface area contributed by atoms with Crippen molar-refractivity contribution >= 4 is 19.7 Å². The number of carbonyl (C=O) groups is 2. The van der Waals surface area contributed by atoms with Crippen LogP contribution in [0.1, 0.15) is 258 Å². The van der Waals surface area contributed by atoms with Crippen LogP contribution < -0.4 is 10.2 Å². The number of unbranched alkanes of at least 4 members (excludes halogenated alkanes) is 28. The summed E-state index contributed by atoms with van der Waals surface area (Å²) in [6, 6.07) is -0.916. The zero-order valence-electron chi connectivity index (χ0n) is 52.2. The Morgan fingerprint density at radius 2 is 0.850 bits per heavy atom. The van der Waals surface area contributed by atoms with Crippen molar-refractivity contribution < 1.29 is 37.3 Å². The molecule has 0 spiro atoms. The minimum atomic E-state index is -4.72. The van der Waals surface area contributed by atoms with Gasteiger partial charge in [0.25, 0.3) is 7.82 Å². The average Bonchev–Trinajstić information content (AvgIpc) is 3.42. The summed E-state index contributed by atoms with van der Waals surface area (Å²) in [6.45, 7) is 6.63. The second-order valence-electron chi connectivity index (χ2n) is 22.7. The van der Waals surface area contributed by atoms with E-state index in [0.29, 0.717) is 23.9 Å². The van der Waals surface area contributed by atoms with Crippen LogP contribution in [0.3, 0.4) is 0 Å². The van der Waals surface area contributed by atoms with E-state index in [1.165, 1.54) is 135 Å². The summed E-state index contributed by atoms with van der Waals surface area (Å²) in [5.41, 5.74) is 0. The molecule has 0 aromatic heterocycles. The van der Waals surface area contributed by atoms with Gasteiger partial charge in [-0.15, -0.1) is 0 Å². The third kappa shape index (κ3) is 59.0. The second kappa shape index (κ2) is 58.6. The zero-order chi connectivity index (χ0) is 58.6. The van der Waals surface area contributed by atoms with E-state index in [2.05, 4.69) is 74.7 Å². The Labute approximate surface area is 493 Å². The number of phosphoric acid groups is 1. The summed E-state index contributed by atoms with van der Waals surface area (Å²) in [4.78, 5) is 40.0. The third-order valence-electron chi connectivity index (χ3n) is 13.8. The van der Waals surface area contributed by atoms with Crippen molar-refractivity contribution in [3.05, 3.63) is 122 Å². The summed E-state index contributed by atoms with van der Waals surface area (Å²) >= 11 is 0. The number of allylic oxidation sites excluding steroid dienone is 19. The van der Waals surface area contributed by atoms with E-state index in [-0.39, 0.29) is 24.9 Å². The molecule has 0 saturated carbocycles. The Kier molecular flexibility index (Phi) is 56.0. The van der Waals surface area contributed by atoms with Crippen LogP contribution in [0, 0.1) is 0 Å². The number of quaternary nitrogens is 1. The SMILES string of the molecule is CC\C=C/C=C/C=C/C=C\C=C\C=C\CCCCCC(=O)OC(/C=C\CCCCCCCCCCCC)C(COP(=O)([O-])OCC[N+](C)(C)C)NC(=O)CCCCCCCCCCCCCC/C=C\C/C=C\C/C=C\CCCCC. The van der Waals surface area contributed by atoms with E-state index in [1.54, 1.807) is 0 Å². The molecule has 0 aliphatic heterocycles. The number of hydrogen-bond donors (Lipinski definition) is 1. The molecule has 0 aromatic rings. The molecule has 0 aliphatic carbocycles. The number of nitrogens with one attached hydrogen (secondary N) is 1. The van der Waals surface area contributed by atoms with E-state index >= 15 is 0 Å². The Balaban J connectivity index is 5.22. The summed E-state index contributed by atoms with van der Waals surface area (Å²) in [5.74, 6) is -0.599. The van der Waals surface area contributed by atoms with E-state index in [9.17, 15) is 19.0 Å². The number of amides is 1. The van der Waals surface area contributed by atoms with Crippen molar-refractivity contribution in [3.63, 3.8) is 0 Å². The van der Waals surface area contributed by atoms with Gasteiger partial charge in [0.15, 0.2) is 0 Å². The number of hydrogen-bond acceptors (Lipinski definition) is 7. The van der Waals surface area contributed by atoms with Gasteiger partial charge in [-0.3, -0.25) is 14.2 Å². The van der Waals surface area contributed by atoms with Crippen LogP contribution in [0.25, 0.3) is 0 Å². The molecule has 0 heterocycles. The molecule has 10 heteroatoms. The van der Waals surface area contributed by atoms with Gasteiger partial charge in [0.2, 0.25) is 5.91 Å². The number of carbonyl (C=O) groups excluding carboxylic acids is 2. The summed E-state index contributed by atoms with van der Waals surface area (Å²) < 4.78 is 30.3. The Morgan fingerprint density at radius 3 is 1.35 bits per heavy atom. The van der Waals surface area contributed by atoms with Crippen molar-refractivity contribution in [1.29, 1.82) is 0 Å². The maximum absolute atomic E-state index is 13.6. The molecule has 0 fully saturated rings. The van der Waals surface area contributed by atoms with Crippen molar-refractivity contribution in [2.24, 2.45) is 0 Å². The normalized spacial score (nSPS) is 14.4. The van der Waals surface area contributed by atoms with Gasteiger partial charge in [0.05, 0.1) is 33.8 Å². The van der Waals surface area contributed by atoms with E-state index in [4.69, 9.17) is 13.8 Å². The summed E-state index contributed by atoms with van der Waals surface area (Å²) in [6.07, 6.45) is 81.7. The lowest BCUT2D eigenvalue weighted by Gasteiger charge is -2.30. The second-order valence-corrected chi connectivity index (χ2v) is 24.1. The lowest BCUT2D eigenvalue weighted by atomic mass is 10.0. The predicted octanol–water partition coefficient (Wildman–Crippen LogP) is 19.6. The zero-order valence-corrected chi connectivity index (χ0v) is 53.1. The lowest BCUT2D eigenvalue weighted by Crippen LogP contribution is -2.47. The number of rotatable bonds is 57. The fourth-order valence-corrected chi connectivity index (χ4v) is 9.52. The Morgan fingerprint density at radius 1 is 0.463 bits per heavy atom. The fourth-order valence-electron chi connectivity index (χ4n) is 8.80. The molecule has 1 N–H and O–H groups in total. The summed E-state index contributed by atoms with van der Waals surface area (Å²) in [7, 11) is 1.14. The first-order valence-corrected chi connectivity index (χ1v) is 33.9. The van der Waals surface area contributed by atoms with Gasteiger partial charge in [-0.05, 0) is 89.5 Å². The average molecular weight is 1130 g/mol. The molecule has 0 aromatic carbocycles. The molecule has 1 amide bonds. The maximum Gasteiger partial charge on any atom is 0.306 e. The van der Waals surface area contributed by atoms with Gasteiger partial charge in [0, 0.05) is 12.8 Å². The van der Waals surface area contributed by atoms with Crippen LogP contribution in [0.4, 0.5) is 0 Å². The molecule has 0 radical (unpaired) electrons. The highest BCUT2D eigenvalue weighted by Gasteiger charge is 2.27. The van der Waals surface area contributed by atoms with E-state index in [0.717, 1.165) is 83.5 Å². The first-order valence-electron chi connectivity index (χ1n) is 32.4. The Bertz CT molecular complexity index is 1780. The molecule has 0 bridgehead atoms. The fraction of sp³-hybridized carbons (Fsp3) is 0.686.